The third-order valence-corrected chi connectivity index (χ3v) is 7.28. The Kier molecular flexibility index (Phi) is 7.92. The van der Waals surface area contributed by atoms with Crippen LogP contribution in [0.2, 0.25) is 0 Å². The number of aryl methyl sites for hydroxylation is 1. The molecule has 2 aromatic carbocycles. The molecule has 0 bridgehead atoms. The first-order valence-corrected chi connectivity index (χ1v) is 13.6. The zero-order valence-electron chi connectivity index (χ0n) is 24.2. The highest BCUT2D eigenvalue weighted by molar-refractivity contribution is 6.13. The van der Waals surface area contributed by atoms with Crippen molar-refractivity contribution in [3.63, 3.8) is 0 Å². The molecule has 2 aliphatic heterocycles. The van der Waals surface area contributed by atoms with Gasteiger partial charge in [-0.05, 0) is 69.7 Å². The van der Waals surface area contributed by atoms with Crippen molar-refractivity contribution >= 4 is 29.3 Å². The number of rotatable bonds is 7. The molecule has 0 radical (unpaired) electrons. The van der Waals surface area contributed by atoms with Gasteiger partial charge in [-0.15, -0.1) is 0 Å². The highest BCUT2D eigenvalue weighted by atomic mass is 16.6. The average molecular weight is 547 g/mol. The third-order valence-electron chi connectivity index (χ3n) is 7.28. The minimum atomic E-state index is -1.76. The zero-order chi connectivity index (χ0) is 29.4. The number of carbonyl (C=O) groups excluding carboxylic acids is 2. The van der Waals surface area contributed by atoms with Gasteiger partial charge >= 0.3 is 18.0 Å². The summed E-state index contributed by atoms with van der Waals surface area (Å²) < 4.78 is 11.4. The van der Waals surface area contributed by atoms with Crippen LogP contribution in [-0.2, 0) is 14.3 Å². The molecule has 2 heterocycles. The molecule has 40 heavy (non-hydrogen) atoms. The maximum absolute atomic E-state index is 13.6. The SMILES string of the molecule is Cc1ccc(C2=C(CNC(=O)OC(C)(C)C)C(CC(C)C)=NC(C)C2(C(=O)O)C2OC(=O)c3ccccc32)cc1. The van der Waals surface area contributed by atoms with Crippen molar-refractivity contribution in [1.82, 2.24) is 5.32 Å². The van der Waals surface area contributed by atoms with Crippen molar-refractivity contribution in [1.29, 1.82) is 0 Å². The summed E-state index contributed by atoms with van der Waals surface area (Å²) in [6.45, 7) is 13.2. The van der Waals surface area contributed by atoms with Crippen molar-refractivity contribution in [3.8, 4) is 0 Å². The molecule has 0 aromatic heterocycles. The number of carboxylic acids is 1. The van der Waals surface area contributed by atoms with Gasteiger partial charge in [-0.25, -0.2) is 9.59 Å². The van der Waals surface area contributed by atoms with Crippen molar-refractivity contribution in [2.45, 2.75) is 72.6 Å². The number of alkyl carbamates (subject to hydrolysis) is 1. The van der Waals surface area contributed by atoms with Crippen LogP contribution in [0.1, 0.15) is 81.1 Å². The topological polar surface area (TPSA) is 114 Å². The summed E-state index contributed by atoms with van der Waals surface area (Å²) in [7, 11) is 0. The second-order valence-electron chi connectivity index (χ2n) is 12.0. The first-order chi connectivity index (χ1) is 18.8. The van der Waals surface area contributed by atoms with Crippen LogP contribution in [0, 0.1) is 18.3 Å². The molecule has 3 atom stereocenters. The van der Waals surface area contributed by atoms with Gasteiger partial charge in [-0.2, -0.15) is 0 Å². The van der Waals surface area contributed by atoms with Gasteiger partial charge in [0.1, 0.15) is 5.60 Å². The first kappa shape index (κ1) is 29.1. The number of hydrogen-bond acceptors (Lipinski definition) is 6. The summed E-state index contributed by atoms with van der Waals surface area (Å²) in [4.78, 5) is 44.3. The lowest BCUT2D eigenvalue weighted by Crippen LogP contribution is -2.50. The number of aliphatic imine (C=N–C) groups is 1. The molecule has 0 fully saturated rings. The maximum atomic E-state index is 13.6. The number of amides is 1. The summed E-state index contributed by atoms with van der Waals surface area (Å²) >= 11 is 0. The number of carbonyl (C=O) groups is 3. The number of carboxylic acid groups (broad SMARTS) is 1. The molecule has 3 unspecified atom stereocenters. The van der Waals surface area contributed by atoms with Crippen LogP contribution < -0.4 is 5.32 Å². The van der Waals surface area contributed by atoms with E-state index in [1.165, 1.54) is 0 Å². The van der Waals surface area contributed by atoms with Gasteiger partial charge in [0, 0.05) is 17.8 Å². The number of cyclic esters (lactones) is 1. The molecule has 0 saturated heterocycles. The Balaban J connectivity index is 2.00. The Morgan fingerprint density at radius 2 is 1.77 bits per heavy atom. The maximum Gasteiger partial charge on any atom is 0.407 e. The lowest BCUT2D eigenvalue weighted by Gasteiger charge is -2.44. The van der Waals surface area contributed by atoms with Gasteiger partial charge in [0.25, 0.3) is 0 Å². The van der Waals surface area contributed by atoms with E-state index in [4.69, 9.17) is 14.5 Å². The van der Waals surface area contributed by atoms with Gasteiger partial charge in [0.2, 0.25) is 0 Å². The molecule has 4 rings (SSSR count). The quantitative estimate of drug-likeness (QED) is 0.403. The van der Waals surface area contributed by atoms with E-state index in [1.54, 1.807) is 52.0 Å². The second kappa shape index (κ2) is 10.9. The zero-order valence-corrected chi connectivity index (χ0v) is 24.2. The van der Waals surface area contributed by atoms with Crippen LogP contribution in [0.25, 0.3) is 5.57 Å². The Morgan fingerprint density at radius 1 is 1.12 bits per heavy atom. The predicted molar refractivity (Wildman–Crippen MR) is 153 cm³/mol. The van der Waals surface area contributed by atoms with Crippen LogP contribution in [0.15, 0.2) is 59.1 Å². The fraction of sp³-hybridized carbons (Fsp3) is 0.438. The fourth-order valence-electron chi connectivity index (χ4n) is 5.61. The fourth-order valence-corrected chi connectivity index (χ4v) is 5.61. The van der Waals surface area contributed by atoms with E-state index in [1.807, 2.05) is 31.2 Å². The summed E-state index contributed by atoms with van der Waals surface area (Å²) in [5, 5.41) is 14.0. The summed E-state index contributed by atoms with van der Waals surface area (Å²) in [5.41, 5.74) is 1.83. The molecule has 2 aromatic rings. The molecular formula is C32H38N2O6. The van der Waals surface area contributed by atoms with Crippen LogP contribution >= 0.6 is 0 Å². The Morgan fingerprint density at radius 3 is 2.38 bits per heavy atom. The van der Waals surface area contributed by atoms with E-state index in [9.17, 15) is 19.5 Å². The smallest absolute Gasteiger partial charge is 0.407 e. The molecule has 8 nitrogen and oxygen atoms in total. The van der Waals surface area contributed by atoms with Gasteiger partial charge in [0.05, 0.1) is 11.6 Å². The molecule has 0 spiro atoms. The number of nitrogens with zero attached hydrogens (tertiary/aromatic N) is 1. The summed E-state index contributed by atoms with van der Waals surface area (Å²) in [6, 6.07) is 13.7. The number of esters is 1. The molecular weight excluding hydrogens is 508 g/mol. The number of benzene rings is 2. The van der Waals surface area contributed by atoms with Gasteiger partial charge in [-0.3, -0.25) is 9.79 Å². The largest absolute Gasteiger partial charge is 0.480 e. The van der Waals surface area contributed by atoms with Crippen molar-refractivity contribution in [3.05, 3.63) is 76.4 Å². The summed E-state index contributed by atoms with van der Waals surface area (Å²) in [6.07, 6.45) is -1.17. The van der Waals surface area contributed by atoms with Crippen LogP contribution in [0.3, 0.4) is 0 Å². The minimum absolute atomic E-state index is 0.00621. The normalized spacial score (nSPS) is 22.5. The Labute approximate surface area is 235 Å². The third kappa shape index (κ3) is 5.40. The number of fused-ring (bicyclic) bond motifs is 1. The lowest BCUT2D eigenvalue weighted by molar-refractivity contribution is -0.152. The molecule has 8 heteroatoms. The highest BCUT2D eigenvalue weighted by Gasteiger charge is 2.61. The van der Waals surface area contributed by atoms with Crippen LogP contribution in [0.4, 0.5) is 4.79 Å². The Hall–Kier alpha value is -3.94. The molecule has 212 valence electrons. The van der Waals surface area contributed by atoms with E-state index in [0.717, 1.165) is 5.56 Å². The number of ether oxygens (including phenoxy) is 2. The molecule has 0 saturated carbocycles. The highest BCUT2D eigenvalue weighted by Crippen LogP contribution is 2.57. The number of aliphatic carboxylic acids is 1. The van der Waals surface area contributed by atoms with Gasteiger partial charge in [-0.1, -0.05) is 61.9 Å². The van der Waals surface area contributed by atoms with Crippen LogP contribution in [0.5, 0.6) is 0 Å². The summed E-state index contributed by atoms with van der Waals surface area (Å²) in [5.74, 6) is -1.52. The van der Waals surface area contributed by atoms with Crippen molar-refractivity contribution in [2.75, 3.05) is 6.54 Å². The first-order valence-electron chi connectivity index (χ1n) is 13.6. The Bertz CT molecular complexity index is 1380. The monoisotopic (exact) mass is 546 g/mol. The van der Waals surface area contributed by atoms with E-state index >= 15 is 0 Å². The van der Waals surface area contributed by atoms with Crippen molar-refractivity contribution in [2.24, 2.45) is 16.3 Å². The van der Waals surface area contributed by atoms with Crippen molar-refractivity contribution < 1.29 is 29.0 Å². The number of nitrogens with one attached hydrogen (secondary N) is 1. The predicted octanol–water partition coefficient (Wildman–Crippen LogP) is 6.15. The van der Waals surface area contributed by atoms with E-state index in [2.05, 4.69) is 19.2 Å². The van der Waals surface area contributed by atoms with Gasteiger partial charge in [0.15, 0.2) is 11.5 Å². The second-order valence-corrected chi connectivity index (χ2v) is 12.0. The molecule has 1 amide bonds. The van der Waals surface area contributed by atoms with E-state index in [-0.39, 0.29) is 12.5 Å². The minimum Gasteiger partial charge on any atom is -0.480 e. The van der Waals surface area contributed by atoms with Gasteiger partial charge < -0.3 is 19.9 Å². The lowest BCUT2D eigenvalue weighted by atomic mass is 9.62. The molecule has 0 aliphatic carbocycles. The van der Waals surface area contributed by atoms with E-state index in [0.29, 0.717) is 40.0 Å². The number of dihydropyridines is 1. The molecule has 2 N–H and O–H groups in total. The average Bonchev–Trinajstić information content (AvgIpc) is 3.19. The van der Waals surface area contributed by atoms with Crippen LogP contribution in [-0.4, -0.2) is 47.0 Å². The number of hydrogen-bond donors (Lipinski definition) is 2. The molecule has 2 aliphatic rings. The standard InChI is InChI=1S/C32H38N2O6/c1-18(2)16-25-24(17-33-30(38)40-31(5,6)7)26(21-14-12-19(3)13-15-21)32(29(36)37,20(4)34-25)27-22-10-8-9-11-23(22)28(35)39-27/h8-15,18,20,27H,16-17H2,1-7H3,(H,33,38)(H,36,37). The van der Waals surface area contributed by atoms with E-state index < -0.39 is 41.2 Å².